The quantitative estimate of drug-likeness (QED) is 0.843. The molecule has 1 atom stereocenters. The highest BCUT2D eigenvalue weighted by Crippen LogP contribution is 2.30. The molecule has 1 aromatic heterocycles. The van der Waals surface area contributed by atoms with Crippen LogP contribution in [0.2, 0.25) is 0 Å². The number of hydrogen-bond acceptors (Lipinski definition) is 5. The van der Waals surface area contributed by atoms with Crippen molar-refractivity contribution in [2.24, 2.45) is 5.92 Å². The van der Waals surface area contributed by atoms with Crippen molar-refractivity contribution in [3.05, 3.63) is 46.8 Å². The molecule has 1 aliphatic rings. The number of carbonyl (C=O) groups excluding carboxylic acids is 1. The van der Waals surface area contributed by atoms with Crippen molar-refractivity contribution in [1.29, 1.82) is 0 Å². The fraction of sp³-hybridized carbons (Fsp3) is 0.444. The minimum atomic E-state index is 0.0489. The summed E-state index contributed by atoms with van der Waals surface area (Å²) in [6.07, 6.45) is 0.872. The Morgan fingerprint density at radius 2 is 2.21 bits per heavy atom. The van der Waals surface area contributed by atoms with Gasteiger partial charge in [-0.25, -0.2) is 0 Å². The van der Waals surface area contributed by atoms with Crippen molar-refractivity contribution in [2.45, 2.75) is 30.9 Å². The third kappa shape index (κ3) is 3.49. The van der Waals surface area contributed by atoms with Gasteiger partial charge in [-0.3, -0.25) is 4.79 Å². The number of carbonyl (C=O) groups is 1. The van der Waals surface area contributed by atoms with E-state index in [-0.39, 0.29) is 18.4 Å². The summed E-state index contributed by atoms with van der Waals surface area (Å²) in [5.41, 5.74) is 2.71. The van der Waals surface area contributed by atoms with Crippen molar-refractivity contribution in [3.63, 3.8) is 0 Å². The molecule has 0 saturated carbocycles. The maximum atomic E-state index is 12.8. The first-order valence-corrected chi connectivity index (χ1v) is 9.12. The number of aliphatic hydroxyl groups excluding tert-OH is 1. The summed E-state index contributed by atoms with van der Waals surface area (Å²) in [7, 11) is 0. The molecular weight excluding hydrogens is 324 g/mol. The number of aromatic nitrogens is 1. The van der Waals surface area contributed by atoms with Gasteiger partial charge in [0.15, 0.2) is 0 Å². The molecule has 1 aliphatic heterocycles. The summed E-state index contributed by atoms with van der Waals surface area (Å²) in [6, 6.07) is 7.71. The molecule has 6 heteroatoms. The van der Waals surface area contributed by atoms with Gasteiger partial charge in [0.25, 0.3) is 5.91 Å². The summed E-state index contributed by atoms with van der Waals surface area (Å²) in [5, 5.41) is 13.3. The Labute approximate surface area is 146 Å². The van der Waals surface area contributed by atoms with E-state index in [4.69, 9.17) is 4.52 Å². The van der Waals surface area contributed by atoms with Crippen LogP contribution in [0.3, 0.4) is 0 Å². The van der Waals surface area contributed by atoms with Gasteiger partial charge in [0, 0.05) is 41.8 Å². The zero-order valence-electron chi connectivity index (χ0n) is 14.0. The number of rotatable bonds is 5. The summed E-state index contributed by atoms with van der Waals surface area (Å²) in [5.74, 6) is 1.81. The minimum Gasteiger partial charge on any atom is -0.396 e. The van der Waals surface area contributed by atoms with E-state index in [1.807, 2.05) is 43.0 Å². The molecule has 1 aromatic carbocycles. The van der Waals surface area contributed by atoms with Crippen LogP contribution in [-0.4, -0.2) is 40.8 Å². The molecule has 0 aliphatic carbocycles. The van der Waals surface area contributed by atoms with Crippen LogP contribution in [-0.2, 0) is 5.75 Å². The molecular formula is C18H22N2O3S. The van der Waals surface area contributed by atoms with Gasteiger partial charge >= 0.3 is 0 Å². The topological polar surface area (TPSA) is 66.6 Å². The Morgan fingerprint density at radius 3 is 2.88 bits per heavy atom. The Kier molecular flexibility index (Phi) is 5.26. The predicted octanol–water partition coefficient (Wildman–Crippen LogP) is 3.04. The van der Waals surface area contributed by atoms with Crippen molar-refractivity contribution >= 4 is 17.7 Å². The molecule has 0 spiro atoms. The first kappa shape index (κ1) is 17.0. The van der Waals surface area contributed by atoms with Gasteiger partial charge in [-0.2, -0.15) is 0 Å². The molecule has 1 fully saturated rings. The number of thioether (sulfide) groups is 1. The van der Waals surface area contributed by atoms with Gasteiger partial charge < -0.3 is 14.5 Å². The van der Waals surface area contributed by atoms with Gasteiger partial charge in [0.1, 0.15) is 5.76 Å². The number of likely N-dealkylation sites (tertiary alicyclic amines) is 1. The summed E-state index contributed by atoms with van der Waals surface area (Å²) >= 11 is 1.63. The second kappa shape index (κ2) is 7.40. The van der Waals surface area contributed by atoms with E-state index in [1.165, 1.54) is 0 Å². The number of aliphatic hydroxyl groups is 1. The van der Waals surface area contributed by atoms with Crippen molar-refractivity contribution in [2.75, 3.05) is 19.7 Å². The molecule has 1 saturated heterocycles. The lowest BCUT2D eigenvalue weighted by Gasteiger charge is -2.18. The number of amides is 1. The van der Waals surface area contributed by atoms with Gasteiger partial charge in [-0.15, -0.1) is 11.8 Å². The lowest BCUT2D eigenvalue weighted by Crippen LogP contribution is -2.29. The standard InChI is InChI=1S/C18H22N2O3S/c1-12-16(13(2)23-19-12)11-24-17-6-4-3-5-15(17)18(22)20-8-7-14(9-20)10-21/h3-6,14,21H,7-11H2,1-2H3. The van der Waals surface area contributed by atoms with Crippen LogP contribution in [0.5, 0.6) is 0 Å². The fourth-order valence-corrected chi connectivity index (χ4v) is 4.16. The monoisotopic (exact) mass is 346 g/mol. The average molecular weight is 346 g/mol. The molecule has 0 radical (unpaired) electrons. The largest absolute Gasteiger partial charge is 0.396 e. The average Bonchev–Trinajstić information content (AvgIpc) is 3.20. The lowest BCUT2D eigenvalue weighted by atomic mass is 10.1. The van der Waals surface area contributed by atoms with Crippen LogP contribution in [0.1, 0.15) is 33.8 Å². The van der Waals surface area contributed by atoms with E-state index in [0.717, 1.165) is 39.7 Å². The van der Waals surface area contributed by atoms with Crippen LogP contribution in [0.25, 0.3) is 0 Å². The highest BCUT2D eigenvalue weighted by molar-refractivity contribution is 7.98. The molecule has 128 valence electrons. The zero-order chi connectivity index (χ0) is 17.1. The highest BCUT2D eigenvalue weighted by atomic mass is 32.2. The Balaban J connectivity index is 1.74. The number of aryl methyl sites for hydroxylation is 2. The predicted molar refractivity (Wildman–Crippen MR) is 93.1 cm³/mol. The van der Waals surface area contributed by atoms with Gasteiger partial charge in [0.05, 0.1) is 11.3 Å². The van der Waals surface area contributed by atoms with Crippen LogP contribution < -0.4 is 0 Å². The molecule has 2 heterocycles. The zero-order valence-corrected chi connectivity index (χ0v) is 14.8. The molecule has 24 heavy (non-hydrogen) atoms. The third-order valence-electron chi connectivity index (χ3n) is 4.50. The fourth-order valence-electron chi connectivity index (χ4n) is 2.96. The summed E-state index contributed by atoms with van der Waals surface area (Å²) in [4.78, 5) is 15.6. The Morgan fingerprint density at radius 1 is 1.42 bits per heavy atom. The van der Waals surface area contributed by atoms with E-state index in [9.17, 15) is 9.90 Å². The van der Waals surface area contributed by atoms with Gasteiger partial charge in [-0.1, -0.05) is 17.3 Å². The Bertz CT molecular complexity index is 709. The number of hydrogen-bond donors (Lipinski definition) is 1. The van der Waals surface area contributed by atoms with Crippen LogP contribution >= 0.6 is 11.8 Å². The van der Waals surface area contributed by atoms with E-state index < -0.39 is 0 Å². The van der Waals surface area contributed by atoms with E-state index >= 15 is 0 Å². The van der Waals surface area contributed by atoms with Crippen LogP contribution in [0.15, 0.2) is 33.7 Å². The highest BCUT2D eigenvalue weighted by Gasteiger charge is 2.27. The maximum Gasteiger partial charge on any atom is 0.254 e. The molecule has 0 bridgehead atoms. The SMILES string of the molecule is Cc1noc(C)c1CSc1ccccc1C(=O)N1CCC(CO)C1. The second-order valence-electron chi connectivity index (χ2n) is 6.18. The molecule has 1 N–H and O–H groups in total. The minimum absolute atomic E-state index is 0.0489. The normalized spacial score (nSPS) is 17.5. The van der Waals surface area contributed by atoms with Crippen LogP contribution in [0.4, 0.5) is 0 Å². The summed E-state index contributed by atoms with van der Waals surface area (Å²) < 4.78 is 5.20. The Hall–Kier alpha value is -1.79. The van der Waals surface area contributed by atoms with Crippen molar-refractivity contribution in [1.82, 2.24) is 10.1 Å². The molecule has 2 aromatic rings. The first-order chi connectivity index (χ1) is 11.6. The first-order valence-electron chi connectivity index (χ1n) is 8.14. The molecule has 1 amide bonds. The second-order valence-corrected chi connectivity index (χ2v) is 7.19. The number of benzene rings is 1. The summed E-state index contributed by atoms with van der Waals surface area (Å²) in [6.45, 7) is 5.34. The van der Waals surface area contributed by atoms with E-state index in [0.29, 0.717) is 13.1 Å². The molecule has 1 unspecified atom stereocenters. The number of nitrogens with zero attached hydrogens (tertiary/aromatic N) is 2. The molecule has 3 rings (SSSR count). The van der Waals surface area contributed by atoms with Crippen LogP contribution in [0, 0.1) is 19.8 Å². The lowest BCUT2D eigenvalue weighted by molar-refractivity contribution is 0.0778. The smallest absolute Gasteiger partial charge is 0.254 e. The third-order valence-corrected chi connectivity index (χ3v) is 5.60. The van der Waals surface area contributed by atoms with E-state index in [2.05, 4.69) is 5.16 Å². The van der Waals surface area contributed by atoms with E-state index in [1.54, 1.807) is 11.8 Å². The van der Waals surface area contributed by atoms with Crippen molar-refractivity contribution in [3.8, 4) is 0 Å². The van der Waals surface area contributed by atoms with Gasteiger partial charge in [0.2, 0.25) is 0 Å². The molecule has 5 nitrogen and oxygen atoms in total. The van der Waals surface area contributed by atoms with Crippen molar-refractivity contribution < 1.29 is 14.4 Å². The maximum absolute atomic E-state index is 12.8. The van der Waals surface area contributed by atoms with Gasteiger partial charge in [-0.05, 0) is 32.4 Å².